The Morgan fingerprint density at radius 2 is 2.50 bits per heavy atom. The Balaban J connectivity index is 2.23. The van der Waals surface area contributed by atoms with E-state index in [1.54, 1.807) is 0 Å². The lowest BCUT2D eigenvalue weighted by Gasteiger charge is -1.74. The molecule has 1 aliphatic heterocycles. The number of carboxylic acids is 1. The molecule has 0 spiro atoms. The maximum absolute atomic E-state index is 9.79. The van der Waals surface area contributed by atoms with Gasteiger partial charge in [0.1, 0.15) is 0 Å². The van der Waals surface area contributed by atoms with Gasteiger partial charge in [0.05, 0.1) is 12.7 Å². The molecule has 1 atom stereocenters. The minimum atomic E-state index is -0.916. The lowest BCUT2D eigenvalue weighted by atomic mass is 10.4. The first kappa shape index (κ1) is 5.31. The molecule has 3 nitrogen and oxygen atoms in total. The SMILES string of the molecule is O=C(O)C=CC1CO1. The molecule has 0 bridgehead atoms. The molecule has 0 aliphatic carbocycles. The summed E-state index contributed by atoms with van der Waals surface area (Å²) < 4.78 is 4.71. The van der Waals surface area contributed by atoms with Crippen LogP contribution in [0, 0.1) is 0 Å². The van der Waals surface area contributed by atoms with Crippen LogP contribution in [0.3, 0.4) is 0 Å². The van der Waals surface area contributed by atoms with Gasteiger partial charge in [0.2, 0.25) is 0 Å². The first-order chi connectivity index (χ1) is 3.79. The van der Waals surface area contributed by atoms with Crippen LogP contribution in [0.25, 0.3) is 0 Å². The van der Waals surface area contributed by atoms with Gasteiger partial charge in [-0.15, -0.1) is 0 Å². The largest absolute Gasteiger partial charge is 0.478 e. The third kappa shape index (κ3) is 1.75. The summed E-state index contributed by atoms with van der Waals surface area (Å²) in [5, 5.41) is 8.05. The number of ether oxygens (including phenoxy) is 1. The first-order valence-electron chi connectivity index (χ1n) is 2.32. The van der Waals surface area contributed by atoms with E-state index in [0.29, 0.717) is 6.61 Å². The maximum Gasteiger partial charge on any atom is 0.328 e. The van der Waals surface area contributed by atoms with Crippen molar-refractivity contribution in [1.82, 2.24) is 0 Å². The fourth-order valence-corrected chi connectivity index (χ4v) is 0.356. The molecule has 1 unspecified atom stereocenters. The van der Waals surface area contributed by atoms with Crippen molar-refractivity contribution in [2.24, 2.45) is 0 Å². The number of carboxylic acid groups (broad SMARTS) is 1. The molecule has 0 radical (unpaired) electrons. The van der Waals surface area contributed by atoms with E-state index in [1.165, 1.54) is 6.08 Å². The Labute approximate surface area is 46.6 Å². The second kappa shape index (κ2) is 1.96. The normalized spacial score (nSPS) is 26.2. The topological polar surface area (TPSA) is 49.8 Å². The van der Waals surface area contributed by atoms with E-state index in [-0.39, 0.29) is 6.10 Å². The maximum atomic E-state index is 9.79. The fourth-order valence-electron chi connectivity index (χ4n) is 0.356. The standard InChI is InChI=1S/C5H6O3/c6-5(7)2-1-4-3-8-4/h1-2,4H,3H2,(H,6,7). The molecule has 1 fully saturated rings. The van der Waals surface area contributed by atoms with E-state index in [4.69, 9.17) is 9.84 Å². The second-order valence-corrected chi connectivity index (χ2v) is 1.57. The van der Waals surface area contributed by atoms with Gasteiger partial charge in [-0.3, -0.25) is 0 Å². The first-order valence-corrected chi connectivity index (χ1v) is 2.32. The van der Waals surface area contributed by atoms with Gasteiger partial charge >= 0.3 is 5.97 Å². The van der Waals surface area contributed by atoms with Crippen molar-refractivity contribution in [2.45, 2.75) is 6.10 Å². The van der Waals surface area contributed by atoms with Gasteiger partial charge in [-0.05, 0) is 6.08 Å². The van der Waals surface area contributed by atoms with E-state index in [1.807, 2.05) is 0 Å². The number of hydrogen-bond donors (Lipinski definition) is 1. The lowest BCUT2D eigenvalue weighted by Crippen LogP contribution is -1.87. The van der Waals surface area contributed by atoms with Crippen LogP contribution in [0.1, 0.15) is 0 Å². The number of hydrogen-bond acceptors (Lipinski definition) is 2. The summed E-state index contributed by atoms with van der Waals surface area (Å²) in [7, 11) is 0. The highest BCUT2D eigenvalue weighted by molar-refractivity contribution is 5.79. The molecule has 1 rings (SSSR count). The van der Waals surface area contributed by atoms with Crippen LogP contribution in [-0.2, 0) is 9.53 Å². The average Bonchev–Trinajstić information content (AvgIpc) is 2.41. The zero-order valence-corrected chi connectivity index (χ0v) is 4.20. The van der Waals surface area contributed by atoms with Crippen LogP contribution in [0.15, 0.2) is 12.2 Å². The molecule has 44 valence electrons. The van der Waals surface area contributed by atoms with Gasteiger partial charge in [-0.1, -0.05) is 0 Å². The van der Waals surface area contributed by atoms with Crippen LogP contribution in [0.4, 0.5) is 0 Å². The van der Waals surface area contributed by atoms with E-state index in [9.17, 15) is 4.79 Å². The Kier molecular flexibility index (Phi) is 1.30. The van der Waals surface area contributed by atoms with Crippen molar-refractivity contribution in [3.05, 3.63) is 12.2 Å². The zero-order chi connectivity index (χ0) is 5.98. The van der Waals surface area contributed by atoms with Crippen LogP contribution in [-0.4, -0.2) is 23.8 Å². The quantitative estimate of drug-likeness (QED) is 0.407. The highest BCUT2D eigenvalue weighted by Crippen LogP contribution is 2.08. The van der Waals surface area contributed by atoms with Gasteiger partial charge < -0.3 is 9.84 Å². The van der Waals surface area contributed by atoms with Crippen LogP contribution in [0.5, 0.6) is 0 Å². The Bertz CT molecular complexity index is 124. The molecule has 0 saturated carbocycles. The van der Waals surface area contributed by atoms with Crippen LogP contribution >= 0.6 is 0 Å². The Morgan fingerprint density at radius 1 is 1.88 bits per heavy atom. The zero-order valence-electron chi connectivity index (χ0n) is 4.20. The number of epoxide rings is 1. The summed E-state index contributed by atoms with van der Waals surface area (Å²) in [5.74, 6) is -0.916. The molecule has 0 aromatic carbocycles. The molecule has 3 heteroatoms. The van der Waals surface area contributed by atoms with Gasteiger partial charge in [0.15, 0.2) is 0 Å². The third-order valence-electron chi connectivity index (χ3n) is 0.813. The molecular weight excluding hydrogens is 108 g/mol. The highest BCUT2D eigenvalue weighted by Gasteiger charge is 2.18. The molecular formula is C5H6O3. The van der Waals surface area contributed by atoms with Crippen molar-refractivity contribution in [3.63, 3.8) is 0 Å². The minimum absolute atomic E-state index is 0.0751. The summed E-state index contributed by atoms with van der Waals surface area (Å²) >= 11 is 0. The van der Waals surface area contributed by atoms with Gasteiger partial charge in [0, 0.05) is 6.08 Å². The van der Waals surface area contributed by atoms with Crippen LogP contribution < -0.4 is 0 Å². The number of carbonyl (C=O) groups is 1. The van der Waals surface area contributed by atoms with E-state index in [2.05, 4.69) is 0 Å². The van der Waals surface area contributed by atoms with Crippen molar-refractivity contribution in [2.75, 3.05) is 6.61 Å². The van der Waals surface area contributed by atoms with E-state index < -0.39 is 5.97 Å². The molecule has 1 saturated heterocycles. The summed E-state index contributed by atoms with van der Waals surface area (Å²) in [6.07, 6.45) is 2.70. The van der Waals surface area contributed by atoms with Crippen molar-refractivity contribution < 1.29 is 14.6 Å². The predicted octanol–water partition coefficient (Wildman–Crippen LogP) is 0.0260. The smallest absolute Gasteiger partial charge is 0.328 e. The van der Waals surface area contributed by atoms with Crippen LogP contribution in [0.2, 0.25) is 0 Å². The monoisotopic (exact) mass is 114 g/mol. The highest BCUT2D eigenvalue weighted by atomic mass is 16.6. The molecule has 0 aromatic rings. The minimum Gasteiger partial charge on any atom is -0.478 e. The molecule has 1 aliphatic rings. The summed E-state index contributed by atoms with van der Waals surface area (Å²) in [4.78, 5) is 9.79. The second-order valence-electron chi connectivity index (χ2n) is 1.57. The number of aliphatic carboxylic acids is 1. The van der Waals surface area contributed by atoms with Gasteiger partial charge in [-0.2, -0.15) is 0 Å². The summed E-state index contributed by atoms with van der Waals surface area (Å²) in [6, 6.07) is 0. The average molecular weight is 114 g/mol. The van der Waals surface area contributed by atoms with E-state index in [0.717, 1.165) is 6.08 Å². The van der Waals surface area contributed by atoms with Crippen molar-refractivity contribution in [1.29, 1.82) is 0 Å². The number of rotatable bonds is 2. The van der Waals surface area contributed by atoms with Gasteiger partial charge in [-0.25, -0.2) is 4.79 Å². The lowest BCUT2D eigenvalue weighted by molar-refractivity contribution is -0.131. The molecule has 1 heterocycles. The molecule has 0 amide bonds. The fraction of sp³-hybridized carbons (Fsp3) is 0.400. The van der Waals surface area contributed by atoms with Crippen molar-refractivity contribution >= 4 is 5.97 Å². The molecule has 8 heavy (non-hydrogen) atoms. The van der Waals surface area contributed by atoms with E-state index >= 15 is 0 Å². The molecule has 1 N–H and O–H groups in total. The Hall–Kier alpha value is -0.830. The molecule has 0 aromatic heterocycles. The van der Waals surface area contributed by atoms with Crippen molar-refractivity contribution in [3.8, 4) is 0 Å². The predicted molar refractivity (Wildman–Crippen MR) is 26.5 cm³/mol. The van der Waals surface area contributed by atoms with Gasteiger partial charge in [0.25, 0.3) is 0 Å². The summed E-state index contributed by atoms with van der Waals surface area (Å²) in [6.45, 7) is 0.670. The Morgan fingerprint density at radius 3 is 2.88 bits per heavy atom. The third-order valence-corrected chi connectivity index (χ3v) is 0.813. The summed E-state index contributed by atoms with van der Waals surface area (Å²) in [5.41, 5.74) is 0.